The van der Waals surface area contributed by atoms with Crippen LogP contribution in [0.15, 0.2) is 41.4 Å². The monoisotopic (exact) mass is 325 g/mol. The number of hydrogen-bond acceptors (Lipinski definition) is 4. The molecule has 1 N–H and O–H groups in total. The smallest absolute Gasteiger partial charge is 0.336 e. The van der Waals surface area contributed by atoms with E-state index < -0.39 is 15.8 Å². The molecule has 0 aliphatic carbocycles. The van der Waals surface area contributed by atoms with Crippen LogP contribution in [-0.4, -0.2) is 24.5 Å². The Morgan fingerprint density at radius 3 is 2.62 bits per heavy atom. The van der Waals surface area contributed by atoms with Gasteiger partial charge in [-0.2, -0.15) is 0 Å². The highest BCUT2D eigenvalue weighted by Crippen LogP contribution is 2.26. The topological polar surface area (TPSA) is 84.3 Å². The van der Waals surface area contributed by atoms with Gasteiger partial charge < -0.3 is 5.11 Å². The first-order valence-electron chi connectivity index (χ1n) is 5.97. The fourth-order valence-corrected chi connectivity index (χ4v) is 3.84. The van der Waals surface area contributed by atoms with E-state index in [1.54, 1.807) is 18.2 Å². The number of aromatic carboxylic acids is 1. The molecule has 7 heteroatoms. The summed E-state index contributed by atoms with van der Waals surface area (Å²) in [7, 11) is -3.73. The Morgan fingerprint density at radius 2 is 2.05 bits per heavy atom. The summed E-state index contributed by atoms with van der Waals surface area (Å²) in [6, 6.07) is 7.46. The highest BCUT2D eigenvalue weighted by Gasteiger charge is 2.23. The molecule has 110 valence electrons. The normalized spacial score (nSPS) is 11.3. The molecule has 0 aliphatic heterocycles. The van der Waals surface area contributed by atoms with Gasteiger partial charge in [-0.1, -0.05) is 17.7 Å². The predicted octanol–water partition coefficient (Wildman–Crippen LogP) is 2.72. The van der Waals surface area contributed by atoms with Crippen LogP contribution in [0.1, 0.15) is 21.6 Å². The lowest BCUT2D eigenvalue weighted by molar-refractivity contribution is 0.0696. The third kappa shape index (κ3) is 3.40. The molecule has 0 unspecified atom stereocenters. The average Bonchev–Trinajstić information content (AvgIpc) is 2.41. The summed E-state index contributed by atoms with van der Waals surface area (Å²) in [5.74, 6) is -1.53. The Balaban J connectivity index is 2.53. The van der Waals surface area contributed by atoms with E-state index in [9.17, 15) is 13.2 Å². The average molecular weight is 326 g/mol. The number of carbonyl (C=O) groups is 1. The zero-order valence-corrected chi connectivity index (χ0v) is 12.6. The Bertz CT molecular complexity index is 788. The van der Waals surface area contributed by atoms with Gasteiger partial charge in [0.1, 0.15) is 0 Å². The summed E-state index contributed by atoms with van der Waals surface area (Å²) in [4.78, 5) is 15.0. The number of sulfone groups is 1. The maximum Gasteiger partial charge on any atom is 0.336 e. The second-order valence-electron chi connectivity index (χ2n) is 4.46. The molecule has 0 spiro atoms. The SMILES string of the molecule is Cc1c(C(=O)O)cc(Cl)cc1S(=O)(=O)Cc1ccccn1. The van der Waals surface area contributed by atoms with E-state index in [1.807, 2.05) is 0 Å². The van der Waals surface area contributed by atoms with Crippen molar-refractivity contribution in [3.8, 4) is 0 Å². The number of hydrogen-bond donors (Lipinski definition) is 1. The zero-order chi connectivity index (χ0) is 15.6. The molecule has 0 radical (unpaired) electrons. The number of halogens is 1. The van der Waals surface area contributed by atoms with Gasteiger partial charge in [0.15, 0.2) is 9.84 Å². The number of carboxylic acid groups (broad SMARTS) is 1. The maximum atomic E-state index is 12.5. The van der Waals surface area contributed by atoms with E-state index in [0.717, 1.165) is 0 Å². The van der Waals surface area contributed by atoms with E-state index >= 15 is 0 Å². The van der Waals surface area contributed by atoms with Crippen molar-refractivity contribution in [1.29, 1.82) is 0 Å². The molecule has 0 bridgehead atoms. The third-order valence-corrected chi connectivity index (χ3v) is 4.94. The third-order valence-electron chi connectivity index (χ3n) is 2.95. The van der Waals surface area contributed by atoms with Crippen LogP contribution in [0.2, 0.25) is 5.02 Å². The minimum absolute atomic E-state index is 0.0672. The molecular formula is C14H12ClNO4S. The largest absolute Gasteiger partial charge is 0.478 e. The standard InChI is InChI=1S/C14H12ClNO4S/c1-9-12(14(17)18)6-10(15)7-13(9)21(19,20)8-11-4-2-3-5-16-11/h2-7H,8H2,1H3,(H,17,18). The van der Waals surface area contributed by atoms with Gasteiger partial charge in [0.05, 0.1) is 21.9 Å². The van der Waals surface area contributed by atoms with Crippen molar-refractivity contribution in [2.75, 3.05) is 0 Å². The van der Waals surface area contributed by atoms with Crippen LogP contribution < -0.4 is 0 Å². The van der Waals surface area contributed by atoms with Crippen molar-refractivity contribution in [1.82, 2.24) is 4.98 Å². The van der Waals surface area contributed by atoms with E-state index in [0.29, 0.717) is 5.69 Å². The molecule has 0 fully saturated rings. The summed E-state index contributed by atoms with van der Waals surface area (Å²) in [6.45, 7) is 1.45. The first-order valence-corrected chi connectivity index (χ1v) is 8.00. The first-order chi connectivity index (χ1) is 9.81. The number of aromatic nitrogens is 1. The first kappa shape index (κ1) is 15.5. The van der Waals surface area contributed by atoms with Crippen molar-refractivity contribution in [3.63, 3.8) is 0 Å². The molecule has 0 atom stereocenters. The Morgan fingerprint density at radius 1 is 1.33 bits per heavy atom. The molecular weight excluding hydrogens is 314 g/mol. The number of pyridine rings is 1. The molecule has 1 heterocycles. The van der Waals surface area contributed by atoms with Gasteiger partial charge in [-0.05, 0) is 36.8 Å². The summed E-state index contributed by atoms with van der Waals surface area (Å²) in [5, 5.41) is 9.17. The second kappa shape index (κ2) is 5.83. The van der Waals surface area contributed by atoms with Gasteiger partial charge in [0.2, 0.25) is 0 Å². The maximum absolute atomic E-state index is 12.5. The van der Waals surface area contributed by atoms with E-state index in [-0.39, 0.29) is 26.8 Å². The Labute approximate surface area is 127 Å². The van der Waals surface area contributed by atoms with Gasteiger partial charge in [0, 0.05) is 11.2 Å². The molecule has 0 saturated heterocycles. The summed E-state index contributed by atoms with van der Waals surface area (Å²) in [5.41, 5.74) is 0.429. The lowest BCUT2D eigenvalue weighted by atomic mass is 10.1. The molecule has 1 aromatic carbocycles. The predicted molar refractivity (Wildman–Crippen MR) is 78.3 cm³/mol. The summed E-state index contributed by atoms with van der Waals surface area (Å²) >= 11 is 5.83. The van der Waals surface area contributed by atoms with Crippen molar-refractivity contribution < 1.29 is 18.3 Å². The van der Waals surface area contributed by atoms with Crippen molar-refractivity contribution in [3.05, 3.63) is 58.4 Å². The molecule has 0 amide bonds. The van der Waals surface area contributed by atoms with Crippen LogP contribution in [0.25, 0.3) is 0 Å². The van der Waals surface area contributed by atoms with Crippen molar-refractivity contribution in [2.45, 2.75) is 17.6 Å². The number of nitrogens with zero attached hydrogens (tertiary/aromatic N) is 1. The molecule has 21 heavy (non-hydrogen) atoms. The number of benzene rings is 1. The van der Waals surface area contributed by atoms with Crippen molar-refractivity contribution >= 4 is 27.4 Å². The molecule has 2 rings (SSSR count). The highest BCUT2D eigenvalue weighted by atomic mass is 35.5. The fraction of sp³-hybridized carbons (Fsp3) is 0.143. The zero-order valence-electron chi connectivity index (χ0n) is 11.1. The van der Waals surface area contributed by atoms with Crippen LogP contribution in [0.3, 0.4) is 0 Å². The van der Waals surface area contributed by atoms with Crippen LogP contribution >= 0.6 is 11.6 Å². The van der Waals surface area contributed by atoms with Gasteiger partial charge in [0.25, 0.3) is 0 Å². The lowest BCUT2D eigenvalue weighted by Crippen LogP contribution is -2.11. The number of rotatable bonds is 4. The van der Waals surface area contributed by atoms with Gasteiger partial charge in [-0.3, -0.25) is 4.98 Å². The summed E-state index contributed by atoms with van der Waals surface area (Å²) in [6.07, 6.45) is 1.50. The quantitative estimate of drug-likeness (QED) is 0.934. The molecule has 0 saturated carbocycles. The molecule has 0 aliphatic rings. The summed E-state index contributed by atoms with van der Waals surface area (Å²) < 4.78 is 24.9. The molecule has 5 nitrogen and oxygen atoms in total. The fourth-order valence-electron chi connectivity index (χ4n) is 1.96. The minimum Gasteiger partial charge on any atom is -0.478 e. The van der Waals surface area contributed by atoms with Crippen LogP contribution in [0.5, 0.6) is 0 Å². The second-order valence-corrected chi connectivity index (χ2v) is 6.86. The lowest BCUT2D eigenvalue weighted by Gasteiger charge is -2.10. The van der Waals surface area contributed by atoms with Gasteiger partial charge in [-0.25, -0.2) is 13.2 Å². The number of carboxylic acids is 1. The van der Waals surface area contributed by atoms with Crippen LogP contribution in [0, 0.1) is 6.92 Å². The van der Waals surface area contributed by atoms with Gasteiger partial charge >= 0.3 is 5.97 Å². The van der Waals surface area contributed by atoms with Crippen molar-refractivity contribution in [2.24, 2.45) is 0 Å². The van der Waals surface area contributed by atoms with Crippen LogP contribution in [-0.2, 0) is 15.6 Å². The van der Waals surface area contributed by atoms with Gasteiger partial charge in [-0.15, -0.1) is 0 Å². The van der Waals surface area contributed by atoms with E-state index in [4.69, 9.17) is 16.7 Å². The van der Waals surface area contributed by atoms with E-state index in [2.05, 4.69) is 4.98 Å². The van der Waals surface area contributed by atoms with E-state index in [1.165, 1.54) is 25.3 Å². The van der Waals surface area contributed by atoms with Crippen LogP contribution in [0.4, 0.5) is 0 Å². The Hall–Kier alpha value is -1.92. The molecule has 2 aromatic rings. The Kier molecular flexibility index (Phi) is 4.29. The minimum atomic E-state index is -3.73. The highest BCUT2D eigenvalue weighted by molar-refractivity contribution is 7.90. The molecule has 1 aromatic heterocycles.